The molecule has 2 heterocycles. The van der Waals surface area contributed by atoms with Gasteiger partial charge in [0, 0.05) is 30.2 Å². The van der Waals surface area contributed by atoms with Gasteiger partial charge in [-0.25, -0.2) is 8.42 Å². The molecule has 1 aromatic heterocycles. The second-order valence-electron chi connectivity index (χ2n) is 4.32. The third kappa shape index (κ3) is 3.18. The molecule has 0 saturated carbocycles. The average molecular weight is 369 g/mol. The van der Waals surface area contributed by atoms with Crippen LogP contribution in [0.2, 0.25) is 0 Å². The smallest absolute Gasteiger partial charge is 0.247 e. The van der Waals surface area contributed by atoms with Gasteiger partial charge in [-0.15, -0.1) is 0 Å². The molecule has 0 bridgehead atoms. The second-order valence-corrected chi connectivity index (χ2v) is 8.35. The summed E-state index contributed by atoms with van der Waals surface area (Å²) in [6, 6.07) is 1.50. The first-order valence-electron chi connectivity index (χ1n) is 6.09. The van der Waals surface area contributed by atoms with Crippen molar-refractivity contribution in [3.63, 3.8) is 0 Å². The zero-order valence-electron chi connectivity index (χ0n) is 10.6. The zero-order chi connectivity index (χ0) is 14.0. The van der Waals surface area contributed by atoms with Crippen LogP contribution in [0, 0.1) is 0 Å². The van der Waals surface area contributed by atoms with Gasteiger partial charge in [0.2, 0.25) is 10.0 Å². The van der Waals surface area contributed by atoms with Crippen molar-refractivity contribution in [3.05, 3.63) is 16.5 Å². The predicted octanol–water partition coefficient (Wildman–Crippen LogP) is 2.02. The number of thioether (sulfide) groups is 1. The van der Waals surface area contributed by atoms with Crippen LogP contribution in [0.25, 0.3) is 0 Å². The van der Waals surface area contributed by atoms with Gasteiger partial charge in [0.1, 0.15) is 10.7 Å². The largest absolute Gasteiger partial charge is 0.452 e. The number of nitrogens with two attached hydrogens (primary N) is 1. The van der Waals surface area contributed by atoms with Gasteiger partial charge in [-0.3, -0.25) is 0 Å². The van der Waals surface area contributed by atoms with E-state index in [4.69, 9.17) is 10.2 Å². The summed E-state index contributed by atoms with van der Waals surface area (Å²) in [4.78, 5) is 0.176. The van der Waals surface area contributed by atoms with Gasteiger partial charge in [-0.2, -0.15) is 16.1 Å². The SMILES string of the molecule is CCC1CN(S(=O)(=O)c2cc(CN)oc2Br)CCS1. The van der Waals surface area contributed by atoms with Crippen molar-refractivity contribution < 1.29 is 12.8 Å². The van der Waals surface area contributed by atoms with Crippen LogP contribution >= 0.6 is 27.7 Å². The molecular formula is C11H17BrN2O3S2. The van der Waals surface area contributed by atoms with Gasteiger partial charge in [0.25, 0.3) is 0 Å². The lowest BCUT2D eigenvalue weighted by Crippen LogP contribution is -2.41. The van der Waals surface area contributed by atoms with Crippen molar-refractivity contribution in [1.29, 1.82) is 0 Å². The summed E-state index contributed by atoms with van der Waals surface area (Å²) in [6.45, 7) is 3.35. The van der Waals surface area contributed by atoms with E-state index in [0.717, 1.165) is 12.2 Å². The highest BCUT2D eigenvalue weighted by molar-refractivity contribution is 9.10. The summed E-state index contributed by atoms with van der Waals surface area (Å²) >= 11 is 4.99. The molecule has 0 radical (unpaired) electrons. The van der Waals surface area contributed by atoms with Crippen LogP contribution in [0.15, 0.2) is 20.0 Å². The van der Waals surface area contributed by atoms with Crippen molar-refractivity contribution in [2.45, 2.75) is 30.0 Å². The fourth-order valence-corrected chi connectivity index (χ4v) is 5.81. The highest BCUT2D eigenvalue weighted by Crippen LogP contribution is 2.31. The maximum atomic E-state index is 12.6. The Morgan fingerprint density at radius 2 is 2.37 bits per heavy atom. The Hall–Kier alpha value is -0.0200. The van der Waals surface area contributed by atoms with E-state index in [1.807, 2.05) is 11.8 Å². The van der Waals surface area contributed by atoms with Crippen LogP contribution in [-0.4, -0.2) is 36.8 Å². The van der Waals surface area contributed by atoms with Crippen LogP contribution in [-0.2, 0) is 16.6 Å². The van der Waals surface area contributed by atoms with E-state index in [-0.39, 0.29) is 16.1 Å². The molecule has 0 aromatic carbocycles. The molecule has 0 aliphatic carbocycles. The van der Waals surface area contributed by atoms with E-state index in [1.54, 1.807) is 0 Å². The number of rotatable bonds is 4. The lowest BCUT2D eigenvalue weighted by molar-refractivity contribution is 0.413. The lowest BCUT2D eigenvalue weighted by atomic mass is 10.3. The van der Waals surface area contributed by atoms with Crippen molar-refractivity contribution in [1.82, 2.24) is 4.31 Å². The minimum atomic E-state index is -3.50. The predicted molar refractivity (Wildman–Crippen MR) is 79.6 cm³/mol. The molecule has 2 N–H and O–H groups in total. The summed E-state index contributed by atoms with van der Waals surface area (Å²) in [7, 11) is -3.50. The number of furan rings is 1. The van der Waals surface area contributed by atoms with E-state index in [1.165, 1.54) is 10.4 Å². The summed E-state index contributed by atoms with van der Waals surface area (Å²) in [5, 5.41) is 0.364. The molecule has 1 aromatic rings. The molecule has 0 spiro atoms. The van der Waals surface area contributed by atoms with Crippen LogP contribution in [0.4, 0.5) is 0 Å². The first-order chi connectivity index (χ1) is 8.98. The molecule has 1 atom stereocenters. The summed E-state index contributed by atoms with van der Waals surface area (Å²) in [5.74, 6) is 1.29. The first-order valence-corrected chi connectivity index (χ1v) is 9.37. The minimum Gasteiger partial charge on any atom is -0.452 e. The molecule has 19 heavy (non-hydrogen) atoms. The first kappa shape index (κ1) is 15.4. The fourth-order valence-electron chi connectivity index (χ4n) is 1.97. The van der Waals surface area contributed by atoms with Gasteiger partial charge in [-0.1, -0.05) is 6.92 Å². The van der Waals surface area contributed by atoms with Crippen LogP contribution < -0.4 is 5.73 Å². The van der Waals surface area contributed by atoms with Crippen molar-refractivity contribution in [3.8, 4) is 0 Å². The van der Waals surface area contributed by atoms with Crippen molar-refractivity contribution in [2.75, 3.05) is 18.8 Å². The molecule has 1 fully saturated rings. The summed E-state index contributed by atoms with van der Waals surface area (Å²) in [6.07, 6.45) is 0.970. The topological polar surface area (TPSA) is 76.5 Å². The Labute approximate surface area is 126 Å². The second kappa shape index (κ2) is 6.17. The van der Waals surface area contributed by atoms with E-state index in [2.05, 4.69) is 22.9 Å². The molecule has 2 rings (SSSR count). The van der Waals surface area contributed by atoms with Crippen LogP contribution in [0.5, 0.6) is 0 Å². The van der Waals surface area contributed by atoms with E-state index < -0.39 is 10.0 Å². The Morgan fingerprint density at radius 1 is 1.63 bits per heavy atom. The number of halogens is 1. The minimum absolute atomic E-state index is 0.176. The summed E-state index contributed by atoms with van der Waals surface area (Å²) < 4.78 is 32.2. The standard InChI is InChI=1S/C11H17BrN2O3S2/c1-2-9-7-14(3-4-18-9)19(15,16)10-5-8(6-13)17-11(10)12/h5,9H,2-4,6-7,13H2,1H3. The van der Waals surface area contributed by atoms with Gasteiger partial charge in [-0.05, 0) is 22.4 Å². The van der Waals surface area contributed by atoms with Gasteiger partial charge in [0.05, 0.1) is 6.54 Å². The zero-order valence-corrected chi connectivity index (χ0v) is 13.9. The third-order valence-corrected chi connectivity index (χ3v) is 7.18. The molecular weight excluding hydrogens is 352 g/mol. The van der Waals surface area contributed by atoms with E-state index in [0.29, 0.717) is 24.1 Å². The quantitative estimate of drug-likeness (QED) is 0.879. The van der Waals surface area contributed by atoms with Gasteiger partial charge < -0.3 is 10.2 Å². The Balaban J connectivity index is 2.28. The van der Waals surface area contributed by atoms with Crippen molar-refractivity contribution in [2.24, 2.45) is 5.73 Å². The highest BCUT2D eigenvalue weighted by Gasteiger charge is 2.33. The van der Waals surface area contributed by atoms with Crippen LogP contribution in [0.3, 0.4) is 0 Å². The van der Waals surface area contributed by atoms with Crippen molar-refractivity contribution >= 4 is 37.7 Å². The third-order valence-electron chi connectivity index (χ3n) is 3.08. The molecule has 8 heteroatoms. The van der Waals surface area contributed by atoms with Gasteiger partial charge >= 0.3 is 0 Å². The van der Waals surface area contributed by atoms with E-state index in [9.17, 15) is 8.42 Å². The fraction of sp³-hybridized carbons (Fsp3) is 0.636. The van der Waals surface area contributed by atoms with E-state index >= 15 is 0 Å². The molecule has 108 valence electrons. The normalized spacial score (nSPS) is 21.7. The average Bonchev–Trinajstić information content (AvgIpc) is 2.81. The maximum Gasteiger partial charge on any atom is 0.247 e. The number of hydrogen-bond donors (Lipinski definition) is 1. The Bertz CT molecular complexity index is 544. The van der Waals surface area contributed by atoms with Crippen LogP contribution in [0.1, 0.15) is 19.1 Å². The molecule has 1 aliphatic rings. The lowest BCUT2D eigenvalue weighted by Gasteiger charge is -2.30. The summed E-state index contributed by atoms with van der Waals surface area (Å²) in [5.41, 5.74) is 5.47. The molecule has 1 saturated heterocycles. The number of sulfonamides is 1. The molecule has 1 unspecified atom stereocenters. The molecule has 5 nitrogen and oxygen atoms in total. The maximum absolute atomic E-state index is 12.6. The molecule has 1 aliphatic heterocycles. The highest BCUT2D eigenvalue weighted by atomic mass is 79.9. The Kier molecular flexibility index (Phi) is 4.99. The number of hydrogen-bond acceptors (Lipinski definition) is 5. The monoisotopic (exact) mass is 368 g/mol. The van der Waals surface area contributed by atoms with Gasteiger partial charge in [0.15, 0.2) is 4.67 Å². The number of nitrogens with zero attached hydrogens (tertiary/aromatic N) is 1. The Morgan fingerprint density at radius 3 is 2.95 bits per heavy atom. The molecule has 0 amide bonds.